The van der Waals surface area contributed by atoms with E-state index >= 15 is 0 Å². The van der Waals surface area contributed by atoms with Gasteiger partial charge in [-0.3, -0.25) is 9.78 Å². The predicted octanol–water partition coefficient (Wildman–Crippen LogP) is 3.04. The molecule has 5 rings (SSSR count). The number of pyridine rings is 1. The number of hydrogen-bond acceptors (Lipinski definition) is 4. The lowest BCUT2D eigenvalue weighted by Crippen LogP contribution is -2.45. The van der Waals surface area contributed by atoms with Crippen molar-refractivity contribution in [2.75, 3.05) is 13.1 Å². The summed E-state index contributed by atoms with van der Waals surface area (Å²) in [6, 6.07) is 13.9. The van der Waals surface area contributed by atoms with E-state index in [9.17, 15) is 4.79 Å². The first-order chi connectivity index (χ1) is 14.3. The molecule has 2 aliphatic heterocycles. The molecule has 0 unspecified atom stereocenters. The highest BCUT2D eigenvalue weighted by atomic mass is 16.5. The fourth-order valence-corrected chi connectivity index (χ4v) is 4.36. The normalized spacial score (nSPS) is 19.0. The Morgan fingerprint density at radius 3 is 2.66 bits per heavy atom. The Morgan fingerprint density at radius 2 is 1.86 bits per heavy atom. The van der Waals surface area contributed by atoms with Crippen LogP contribution in [0.4, 0.5) is 0 Å². The summed E-state index contributed by atoms with van der Waals surface area (Å²) in [4.78, 5) is 23.9. The number of amides is 1. The molecule has 148 valence electrons. The number of rotatable bonds is 4. The van der Waals surface area contributed by atoms with Crippen molar-refractivity contribution in [2.24, 2.45) is 0 Å². The number of benzene rings is 1. The molecule has 3 aromatic rings. The van der Waals surface area contributed by atoms with Gasteiger partial charge in [0.1, 0.15) is 11.6 Å². The van der Waals surface area contributed by atoms with E-state index in [1.165, 1.54) is 0 Å². The monoisotopic (exact) mass is 388 g/mol. The van der Waals surface area contributed by atoms with Gasteiger partial charge in [0.25, 0.3) is 5.91 Å². The van der Waals surface area contributed by atoms with E-state index in [-0.39, 0.29) is 12.0 Å². The molecule has 0 saturated carbocycles. The standard InChI is InChI=1S/C23H24N4O2/c28-23(21-15-18-5-1-2-7-20(18)29-21)26-12-8-17(9-13-26)22-25-11-14-27(22)16-19-6-3-4-10-24-19/h1-7,10-11,14,17,21H,8-9,12-13,15-16H2/t21-/m1/s1. The third-order valence-electron chi connectivity index (χ3n) is 5.90. The minimum atomic E-state index is -0.380. The Balaban J connectivity index is 1.21. The van der Waals surface area contributed by atoms with Crippen molar-refractivity contribution in [3.8, 4) is 5.75 Å². The molecule has 1 fully saturated rings. The Morgan fingerprint density at radius 1 is 1.03 bits per heavy atom. The van der Waals surface area contributed by atoms with E-state index in [1.807, 2.05) is 66.0 Å². The highest BCUT2D eigenvalue weighted by molar-refractivity contribution is 5.82. The molecule has 2 aliphatic rings. The fourth-order valence-electron chi connectivity index (χ4n) is 4.36. The summed E-state index contributed by atoms with van der Waals surface area (Å²) in [5, 5.41) is 0. The second kappa shape index (κ2) is 7.70. The van der Waals surface area contributed by atoms with Crippen LogP contribution < -0.4 is 4.74 Å². The van der Waals surface area contributed by atoms with Crippen molar-refractivity contribution >= 4 is 5.91 Å². The van der Waals surface area contributed by atoms with Gasteiger partial charge in [-0.15, -0.1) is 0 Å². The van der Waals surface area contributed by atoms with Gasteiger partial charge in [0, 0.05) is 44.0 Å². The second-order valence-electron chi connectivity index (χ2n) is 7.75. The van der Waals surface area contributed by atoms with E-state index < -0.39 is 0 Å². The van der Waals surface area contributed by atoms with Crippen LogP contribution in [0, 0.1) is 0 Å². The highest BCUT2D eigenvalue weighted by Crippen LogP contribution is 2.31. The predicted molar refractivity (Wildman–Crippen MR) is 109 cm³/mol. The van der Waals surface area contributed by atoms with Crippen molar-refractivity contribution in [3.63, 3.8) is 0 Å². The summed E-state index contributed by atoms with van der Waals surface area (Å²) in [6.45, 7) is 2.22. The number of carbonyl (C=O) groups is 1. The van der Waals surface area contributed by atoms with Crippen LogP contribution in [0.15, 0.2) is 61.1 Å². The number of likely N-dealkylation sites (tertiary alicyclic amines) is 1. The second-order valence-corrected chi connectivity index (χ2v) is 7.75. The van der Waals surface area contributed by atoms with E-state index in [1.54, 1.807) is 0 Å². The van der Waals surface area contributed by atoms with Crippen molar-refractivity contribution in [3.05, 3.63) is 78.1 Å². The van der Waals surface area contributed by atoms with Crippen LogP contribution in [-0.2, 0) is 17.8 Å². The SMILES string of the molecule is O=C([C@H]1Cc2ccccc2O1)N1CCC(c2nccn2Cc2ccccn2)CC1. The van der Waals surface area contributed by atoms with Gasteiger partial charge >= 0.3 is 0 Å². The summed E-state index contributed by atoms with van der Waals surface area (Å²) in [5.74, 6) is 2.40. The van der Waals surface area contributed by atoms with Crippen LogP contribution in [0.3, 0.4) is 0 Å². The molecule has 0 aliphatic carbocycles. The lowest BCUT2D eigenvalue weighted by Gasteiger charge is -2.33. The smallest absolute Gasteiger partial charge is 0.263 e. The third kappa shape index (κ3) is 3.62. The van der Waals surface area contributed by atoms with E-state index in [0.29, 0.717) is 12.3 Å². The topological polar surface area (TPSA) is 60.2 Å². The van der Waals surface area contributed by atoms with Crippen molar-refractivity contribution in [1.29, 1.82) is 0 Å². The maximum Gasteiger partial charge on any atom is 0.263 e. The van der Waals surface area contributed by atoms with Gasteiger partial charge in [-0.05, 0) is 36.6 Å². The zero-order valence-electron chi connectivity index (χ0n) is 16.3. The number of imidazole rings is 1. The molecular formula is C23H24N4O2. The van der Waals surface area contributed by atoms with Crippen molar-refractivity contribution in [2.45, 2.75) is 37.8 Å². The average molecular weight is 388 g/mol. The molecule has 6 nitrogen and oxygen atoms in total. The Bertz CT molecular complexity index is 968. The number of para-hydroxylation sites is 1. The first-order valence-electron chi connectivity index (χ1n) is 10.2. The summed E-state index contributed by atoms with van der Waals surface area (Å²) < 4.78 is 8.07. The van der Waals surface area contributed by atoms with Gasteiger partial charge in [0.05, 0.1) is 12.2 Å². The molecule has 1 aromatic carbocycles. The molecule has 0 spiro atoms. The fraction of sp³-hybridized carbons (Fsp3) is 0.348. The average Bonchev–Trinajstić information content (AvgIpc) is 3.41. The molecule has 29 heavy (non-hydrogen) atoms. The van der Waals surface area contributed by atoms with Crippen LogP contribution in [0.2, 0.25) is 0 Å². The number of ether oxygens (including phenoxy) is 1. The minimum absolute atomic E-state index is 0.108. The Kier molecular flexibility index (Phi) is 4.76. The Hall–Kier alpha value is -3.15. The largest absolute Gasteiger partial charge is 0.480 e. The summed E-state index contributed by atoms with van der Waals surface area (Å²) in [7, 11) is 0. The molecule has 1 saturated heterocycles. The molecular weight excluding hydrogens is 364 g/mol. The van der Waals surface area contributed by atoms with Crippen LogP contribution >= 0.6 is 0 Å². The minimum Gasteiger partial charge on any atom is -0.480 e. The van der Waals surface area contributed by atoms with E-state index in [0.717, 1.165) is 55.3 Å². The van der Waals surface area contributed by atoms with Gasteiger partial charge in [0.2, 0.25) is 0 Å². The van der Waals surface area contributed by atoms with Crippen LogP contribution in [-0.4, -0.2) is 44.5 Å². The molecule has 0 N–H and O–H groups in total. The number of hydrogen-bond donors (Lipinski definition) is 0. The Labute approximate surface area is 170 Å². The molecule has 4 heterocycles. The molecule has 0 radical (unpaired) electrons. The summed E-state index contributed by atoms with van der Waals surface area (Å²) in [5.41, 5.74) is 2.15. The van der Waals surface area contributed by atoms with Gasteiger partial charge in [-0.25, -0.2) is 4.98 Å². The lowest BCUT2D eigenvalue weighted by molar-refractivity contribution is -0.139. The first kappa shape index (κ1) is 17.9. The van der Waals surface area contributed by atoms with Crippen LogP contribution in [0.1, 0.15) is 35.8 Å². The molecule has 6 heteroatoms. The zero-order chi connectivity index (χ0) is 19.6. The van der Waals surface area contributed by atoms with Gasteiger partial charge in [-0.1, -0.05) is 24.3 Å². The number of carbonyl (C=O) groups excluding carboxylic acids is 1. The number of aromatic nitrogens is 3. The molecule has 1 atom stereocenters. The third-order valence-corrected chi connectivity index (χ3v) is 5.90. The number of nitrogens with zero attached hydrogens (tertiary/aromatic N) is 4. The zero-order valence-corrected chi connectivity index (χ0v) is 16.3. The van der Waals surface area contributed by atoms with Gasteiger partial charge in [-0.2, -0.15) is 0 Å². The van der Waals surface area contributed by atoms with Gasteiger partial charge in [0.15, 0.2) is 6.10 Å². The quantitative estimate of drug-likeness (QED) is 0.689. The number of piperidine rings is 1. The maximum absolute atomic E-state index is 12.9. The van der Waals surface area contributed by atoms with Gasteiger partial charge < -0.3 is 14.2 Å². The lowest BCUT2D eigenvalue weighted by atomic mass is 9.95. The first-order valence-corrected chi connectivity index (χ1v) is 10.2. The van der Waals surface area contributed by atoms with E-state index in [4.69, 9.17) is 4.74 Å². The van der Waals surface area contributed by atoms with Crippen LogP contribution in [0.25, 0.3) is 0 Å². The summed E-state index contributed by atoms with van der Waals surface area (Å²) in [6.07, 6.45) is 7.83. The summed E-state index contributed by atoms with van der Waals surface area (Å²) >= 11 is 0. The molecule has 0 bridgehead atoms. The van der Waals surface area contributed by atoms with Crippen molar-refractivity contribution in [1.82, 2.24) is 19.4 Å². The van der Waals surface area contributed by atoms with Crippen LogP contribution in [0.5, 0.6) is 5.75 Å². The molecule has 1 amide bonds. The number of fused-ring (bicyclic) bond motifs is 1. The van der Waals surface area contributed by atoms with E-state index in [2.05, 4.69) is 14.5 Å². The highest BCUT2D eigenvalue weighted by Gasteiger charge is 2.34. The molecule has 2 aromatic heterocycles. The maximum atomic E-state index is 12.9. The van der Waals surface area contributed by atoms with Crippen molar-refractivity contribution < 1.29 is 9.53 Å².